The van der Waals surface area contributed by atoms with Crippen molar-refractivity contribution in [3.8, 4) is 0 Å². The molecule has 0 saturated heterocycles. The highest BCUT2D eigenvalue weighted by Crippen LogP contribution is 2.22. The van der Waals surface area contributed by atoms with Crippen molar-refractivity contribution in [2.45, 2.75) is 70.3 Å². The molecule has 1 aromatic rings. The minimum Gasteiger partial charge on any atom is -0.370 e. The van der Waals surface area contributed by atoms with Gasteiger partial charge in [0.25, 0.3) is 0 Å². The van der Waals surface area contributed by atoms with Crippen LogP contribution in [0.5, 0.6) is 0 Å². The molecule has 22 heavy (non-hydrogen) atoms. The molecule has 0 aliphatic heterocycles. The molecule has 0 bridgehead atoms. The van der Waals surface area contributed by atoms with Gasteiger partial charge in [-0.2, -0.15) is 0 Å². The average molecular weight is 300 g/mol. The van der Waals surface area contributed by atoms with E-state index >= 15 is 0 Å². The maximum atomic E-state index is 4.36. The third-order valence-corrected chi connectivity index (χ3v) is 4.76. The van der Waals surface area contributed by atoms with E-state index in [1.165, 1.54) is 57.8 Å². The van der Waals surface area contributed by atoms with Gasteiger partial charge in [0.15, 0.2) is 0 Å². The van der Waals surface area contributed by atoms with Crippen LogP contribution in [0.2, 0.25) is 0 Å². The van der Waals surface area contributed by atoms with Gasteiger partial charge in [-0.05, 0) is 44.9 Å². The Morgan fingerprint density at radius 3 is 2.68 bits per heavy atom. The molecule has 3 rings (SSSR count). The molecule has 2 aliphatic carbocycles. The summed E-state index contributed by atoms with van der Waals surface area (Å²) in [6, 6.07) is 2.63. The number of nitrogens with zero attached hydrogens (tertiary/aromatic N) is 2. The van der Waals surface area contributed by atoms with Crippen LogP contribution in [0, 0.1) is 0 Å². The van der Waals surface area contributed by atoms with Crippen LogP contribution in [0.4, 0.5) is 11.6 Å². The van der Waals surface area contributed by atoms with E-state index in [1.54, 1.807) is 11.9 Å². The number of allylic oxidation sites excluding steroid dienone is 1. The van der Waals surface area contributed by atoms with Gasteiger partial charge in [0.1, 0.15) is 18.0 Å². The zero-order valence-electron chi connectivity index (χ0n) is 13.5. The van der Waals surface area contributed by atoms with Gasteiger partial charge in [-0.1, -0.05) is 30.9 Å². The molecule has 0 amide bonds. The van der Waals surface area contributed by atoms with Gasteiger partial charge in [0.05, 0.1) is 0 Å². The molecule has 2 N–H and O–H groups in total. The smallest absolute Gasteiger partial charge is 0.131 e. The van der Waals surface area contributed by atoms with Crippen molar-refractivity contribution in [2.24, 2.45) is 0 Å². The lowest BCUT2D eigenvalue weighted by molar-refractivity contribution is 0.462. The molecule has 2 aliphatic rings. The molecule has 1 heterocycles. The van der Waals surface area contributed by atoms with Crippen LogP contribution < -0.4 is 10.6 Å². The first-order valence-corrected chi connectivity index (χ1v) is 8.90. The van der Waals surface area contributed by atoms with Crippen molar-refractivity contribution in [3.05, 3.63) is 24.0 Å². The highest BCUT2D eigenvalue weighted by atomic mass is 15.1. The highest BCUT2D eigenvalue weighted by Gasteiger charge is 2.13. The second-order valence-corrected chi connectivity index (χ2v) is 6.55. The Kier molecular flexibility index (Phi) is 5.68. The van der Waals surface area contributed by atoms with Crippen LogP contribution in [-0.2, 0) is 0 Å². The first kappa shape index (κ1) is 15.3. The van der Waals surface area contributed by atoms with E-state index in [-0.39, 0.29) is 0 Å². The van der Waals surface area contributed by atoms with Crippen molar-refractivity contribution in [3.63, 3.8) is 0 Å². The molecule has 4 heteroatoms. The Hall–Kier alpha value is -1.58. The van der Waals surface area contributed by atoms with Gasteiger partial charge in [-0.25, -0.2) is 9.97 Å². The van der Waals surface area contributed by atoms with Crippen LogP contribution in [0.1, 0.15) is 64.2 Å². The van der Waals surface area contributed by atoms with Crippen LogP contribution in [0.25, 0.3) is 0 Å². The number of hydrogen-bond donors (Lipinski definition) is 2. The zero-order chi connectivity index (χ0) is 15.0. The molecule has 1 fully saturated rings. The Balaban J connectivity index is 1.46. The molecule has 0 atom stereocenters. The quantitative estimate of drug-likeness (QED) is 0.758. The lowest BCUT2D eigenvalue weighted by atomic mass is 9.95. The van der Waals surface area contributed by atoms with Gasteiger partial charge in [-0.15, -0.1) is 0 Å². The summed E-state index contributed by atoms with van der Waals surface area (Å²) in [7, 11) is 0. The fourth-order valence-electron chi connectivity index (χ4n) is 3.47. The Morgan fingerprint density at radius 1 is 1.00 bits per heavy atom. The van der Waals surface area contributed by atoms with Gasteiger partial charge >= 0.3 is 0 Å². The molecular formula is C18H28N4. The number of rotatable bonds is 6. The normalized spacial score (nSPS) is 19.5. The zero-order valence-corrected chi connectivity index (χ0v) is 13.5. The summed E-state index contributed by atoms with van der Waals surface area (Å²) in [5, 5.41) is 7.00. The van der Waals surface area contributed by atoms with E-state index in [0.29, 0.717) is 6.04 Å². The lowest BCUT2D eigenvalue weighted by Gasteiger charge is -2.23. The van der Waals surface area contributed by atoms with E-state index in [2.05, 4.69) is 26.7 Å². The fourth-order valence-corrected chi connectivity index (χ4v) is 3.47. The largest absolute Gasteiger partial charge is 0.370 e. The summed E-state index contributed by atoms with van der Waals surface area (Å²) in [5.41, 5.74) is 1.60. The van der Waals surface area contributed by atoms with Crippen molar-refractivity contribution < 1.29 is 0 Å². The molecule has 1 aromatic heterocycles. The summed E-state index contributed by atoms with van der Waals surface area (Å²) in [6.07, 6.45) is 17.1. The van der Waals surface area contributed by atoms with Crippen molar-refractivity contribution in [1.29, 1.82) is 0 Å². The van der Waals surface area contributed by atoms with Crippen molar-refractivity contribution >= 4 is 11.6 Å². The minimum absolute atomic E-state index is 0.587. The molecular weight excluding hydrogens is 272 g/mol. The minimum atomic E-state index is 0.587. The Labute approximate surface area is 133 Å². The molecule has 0 unspecified atom stereocenters. The second-order valence-electron chi connectivity index (χ2n) is 6.55. The summed E-state index contributed by atoms with van der Waals surface area (Å²) in [4.78, 5) is 8.69. The summed E-state index contributed by atoms with van der Waals surface area (Å²) in [5.74, 6) is 1.89. The third-order valence-electron chi connectivity index (χ3n) is 4.76. The number of hydrogen-bond acceptors (Lipinski definition) is 4. The third kappa shape index (κ3) is 4.72. The predicted molar refractivity (Wildman–Crippen MR) is 92.2 cm³/mol. The molecule has 0 spiro atoms. The SMILES string of the molecule is C1=C(CCNc2cc(NC3CCCCC3)ncn2)CCCC1. The van der Waals surface area contributed by atoms with Crippen LogP contribution in [0.3, 0.4) is 0 Å². The van der Waals surface area contributed by atoms with Gasteiger partial charge in [0.2, 0.25) is 0 Å². The molecule has 0 radical (unpaired) electrons. The Morgan fingerprint density at radius 2 is 1.86 bits per heavy atom. The summed E-state index contributed by atoms with van der Waals surface area (Å²) >= 11 is 0. The Bertz CT molecular complexity index is 492. The maximum Gasteiger partial charge on any atom is 0.131 e. The van der Waals surface area contributed by atoms with Crippen LogP contribution in [-0.4, -0.2) is 22.6 Å². The fraction of sp³-hybridized carbons (Fsp3) is 0.667. The van der Waals surface area contributed by atoms with Crippen molar-refractivity contribution in [2.75, 3.05) is 17.2 Å². The maximum absolute atomic E-state index is 4.36. The average Bonchev–Trinajstić information content (AvgIpc) is 2.57. The number of aromatic nitrogens is 2. The lowest BCUT2D eigenvalue weighted by Crippen LogP contribution is -2.22. The van der Waals surface area contributed by atoms with Crippen molar-refractivity contribution in [1.82, 2.24) is 9.97 Å². The summed E-state index contributed by atoms with van der Waals surface area (Å²) < 4.78 is 0. The van der Waals surface area contributed by atoms with E-state index in [4.69, 9.17) is 0 Å². The molecule has 4 nitrogen and oxygen atoms in total. The standard InChI is InChI=1S/C18H28N4/c1-3-7-15(8-4-1)11-12-19-17-13-18(21-14-20-17)22-16-9-5-2-6-10-16/h7,13-14,16H,1-6,8-12H2,(H2,19,20,21,22). The van der Waals surface area contributed by atoms with Gasteiger partial charge in [-0.3, -0.25) is 0 Å². The van der Waals surface area contributed by atoms with E-state index in [9.17, 15) is 0 Å². The predicted octanol–water partition coefficient (Wildman–Crippen LogP) is 4.52. The number of nitrogens with one attached hydrogen (secondary N) is 2. The summed E-state index contributed by atoms with van der Waals surface area (Å²) in [6.45, 7) is 0.964. The highest BCUT2D eigenvalue weighted by molar-refractivity contribution is 5.47. The topological polar surface area (TPSA) is 49.8 Å². The van der Waals surface area contributed by atoms with E-state index in [0.717, 1.165) is 24.6 Å². The van der Waals surface area contributed by atoms with Crippen LogP contribution in [0.15, 0.2) is 24.0 Å². The molecule has 0 aromatic carbocycles. The first-order chi connectivity index (χ1) is 10.9. The monoisotopic (exact) mass is 300 g/mol. The molecule has 120 valence electrons. The van der Waals surface area contributed by atoms with E-state index < -0.39 is 0 Å². The van der Waals surface area contributed by atoms with E-state index in [1.807, 2.05) is 6.07 Å². The first-order valence-electron chi connectivity index (χ1n) is 8.90. The number of anilines is 2. The molecule has 1 saturated carbocycles. The van der Waals surface area contributed by atoms with Gasteiger partial charge in [0, 0.05) is 18.7 Å². The van der Waals surface area contributed by atoms with Gasteiger partial charge < -0.3 is 10.6 Å². The van der Waals surface area contributed by atoms with Crippen LogP contribution >= 0.6 is 0 Å². The second kappa shape index (κ2) is 8.16.